The Morgan fingerprint density at radius 1 is 1.09 bits per heavy atom. The van der Waals surface area contributed by atoms with Gasteiger partial charge in [-0.25, -0.2) is 14.6 Å². The molecule has 3 amide bonds. The Labute approximate surface area is 257 Å². The quantitative estimate of drug-likeness (QED) is 0.395. The highest BCUT2D eigenvalue weighted by Gasteiger charge is 2.39. The van der Waals surface area contributed by atoms with E-state index in [0.29, 0.717) is 64.1 Å². The fourth-order valence-electron chi connectivity index (χ4n) is 6.24. The minimum atomic E-state index is -0.633. The maximum absolute atomic E-state index is 13.9. The van der Waals surface area contributed by atoms with Crippen LogP contribution in [-0.4, -0.2) is 94.0 Å². The Morgan fingerprint density at radius 3 is 2.65 bits per heavy atom. The number of nitrogens with zero attached hydrogens (tertiary/aromatic N) is 4. The van der Waals surface area contributed by atoms with Gasteiger partial charge < -0.3 is 29.0 Å². The highest BCUT2D eigenvalue weighted by Crippen LogP contribution is 2.38. The normalized spacial score (nSPS) is 20.7. The average molecular weight is 610 g/mol. The second-order valence-electron chi connectivity index (χ2n) is 13.2. The molecule has 2 saturated heterocycles. The first kappa shape index (κ1) is 29.7. The number of urea groups is 1. The molecule has 6 rings (SSSR count). The van der Waals surface area contributed by atoms with Crippen molar-refractivity contribution in [3.63, 3.8) is 0 Å². The molecule has 1 atom stereocenters. The van der Waals surface area contributed by atoms with Gasteiger partial charge in [-0.15, -0.1) is 0 Å². The van der Waals surface area contributed by atoms with Gasteiger partial charge in [0.05, 0.1) is 43.0 Å². The maximum Gasteiger partial charge on any atom is 0.410 e. The van der Waals surface area contributed by atoms with Crippen LogP contribution in [0.1, 0.15) is 57.4 Å². The molecule has 0 radical (unpaired) electrons. The van der Waals surface area contributed by atoms with E-state index in [1.807, 2.05) is 56.7 Å². The van der Waals surface area contributed by atoms with Crippen LogP contribution in [0.5, 0.6) is 0 Å². The number of ether oxygens (including phenoxy) is 3. The molecular formula is C32H40ClN5O5. The van der Waals surface area contributed by atoms with Crippen molar-refractivity contribution in [3.8, 4) is 11.1 Å². The van der Waals surface area contributed by atoms with Crippen molar-refractivity contribution >= 4 is 34.8 Å². The molecule has 2 fully saturated rings. The van der Waals surface area contributed by atoms with Crippen LogP contribution in [0.3, 0.4) is 0 Å². The Hall–Kier alpha value is -3.34. The lowest BCUT2D eigenvalue weighted by molar-refractivity contribution is -0.0367. The van der Waals surface area contributed by atoms with E-state index in [0.717, 1.165) is 38.9 Å². The zero-order valence-corrected chi connectivity index (χ0v) is 26.3. The molecule has 10 nitrogen and oxygen atoms in total. The van der Waals surface area contributed by atoms with Crippen molar-refractivity contribution in [2.75, 3.05) is 46.1 Å². The van der Waals surface area contributed by atoms with Crippen LogP contribution in [0, 0.1) is 0 Å². The summed E-state index contributed by atoms with van der Waals surface area (Å²) in [6.07, 6.45) is 3.89. The zero-order chi connectivity index (χ0) is 30.5. The first-order valence-corrected chi connectivity index (χ1v) is 15.3. The fourth-order valence-corrected chi connectivity index (χ4v) is 6.44. The van der Waals surface area contributed by atoms with Crippen molar-refractivity contribution in [1.29, 1.82) is 0 Å². The molecule has 3 aliphatic rings. The molecule has 1 N–H and O–H groups in total. The third-order valence-electron chi connectivity index (χ3n) is 8.45. The van der Waals surface area contributed by atoms with Gasteiger partial charge >= 0.3 is 12.1 Å². The van der Waals surface area contributed by atoms with E-state index < -0.39 is 11.1 Å². The second kappa shape index (κ2) is 11.3. The van der Waals surface area contributed by atoms with E-state index in [2.05, 4.69) is 22.1 Å². The first-order chi connectivity index (χ1) is 20.4. The number of halogens is 1. The first-order valence-electron chi connectivity index (χ1n) is 14.9. The van der Waals surface area contributed by atoms with Crippen LogP contribution < -0.4 is 0 Å². The number of hydrogen-bond donors (Lipinski definition) is 1. The number of H-pyrrole nitrogens is 1. The predicted molar refractivity (Wildman–Crippen MR) is 164 cm³/mol. The van der Waals surface area contributed by atoms with Gasteiger partial charge in [0.15, 0.2) is 0 Å². The number of carbonyl (C=O) groups excluding carboxylic acids is 2. The summed E-state index contributed by atoms with van der Waals surface area (Å²) < 4.78 is 17.4. The number of rotatable bonds is 2. The number of nitrogens with one attached hydrogen (secondary N) is 1. The van der Waals surface area contributed by atoms with Gasteiger partial charge in [-0.2, -0.15) is 0 Å². The van der Waals surface area contributed by atoms with Gasteiger partial charge in [0.25, 0.3) is 0 Å². The minimum absolute atomic E-state index is 0.00891. The number of morpholine rings is 2. The summed E-state index contributed by atoms with van der Waals surface area (Å²) in [5, 5.41) is 1.46. The molecule has 0 bridgehead atoms. The zero-order valence-electron chi connectivity index (χ0n) is 25.5. The molecule has 0 aliphatic carbocycles. The summed E-state index contributed by atoms with van der Waals surface area (Å²) in [4.78, 5) is 40.7. The summed E-state index contributed by atoms with van der Waals surface area (Å²) in [6, 6.07) is 5.97. The van der Waals surface area contributed by atoms with E-state index in [1.165, 1.54) is 0 Å². The van der Waals surface area contributed by atoms with E-state index in [4.69, 9.17) is 25.8 Å². The number of carbonyl (C=O) groups is 2. The molecule has 0 spiro atoms. The van der Waals surface area contributed by atoms with Crippen molar-refractivity contribution in [2.24, 2.45) is 0 Å². The predicted octanol–water partition coefficient (Wildman–Crippen LogP) is 5.78. The van der Waals surface area contributed by atoms with Gasteiger partial charge in [-0.05, 0) is 75.4 Å². The van der Waals surface area contributed by atoms with Gasteiger partial charge in [0.1, 0.15) is 11.2 Å². The van der Waals surface area contributed by atoms with Crippen molar-refractivity contribution < 1.29 is 23.8 Å². The van der Waals surface area contributed by atoms with Crippen LogP contribution in [0.15, 0.2) is 30.6 Å². The Kier molecular flexibility index (Phi) is 7.81. The topological polar surface area (TPSA) is 100 Å². The number of benzene rings is 1. The SMILES string of the molecule is CC(C)(C)OC(=O)N1CCOCC1c1cc(-c2cnc3[nH]cc(Cl)c3c2)cc2c1CN(C(=O)N1CCOCC1(C)C)CC2. The molecule has 3 aliphatic heterocycles. The molecule has 43 heavy (non-hydrogen) atoms. The van der Waals surface area contributed by atoms with Crippen molar-refractivity contribution in [3.05, 3.63) is 52.3 Å². The molecule has 230 valence electrons. The standard InChI is InChI=1S/C32H40ClN5O5/c1-31(2,3)43-30(40)37-8-10-41-18-27(37)23-13-21(22-14-24-26(33)16-35-28(24)34-15-22)12-20-6-7-36(17-25(20)23)29(39)38-9-11-42-19-32(38,4)5/h12-16,27H,6-11,17-19H2,1-5H3,(H,34,35). The molecule has 5 heterocycles. The maximum atomic E-state index is 13.9. The van der Waals surface area contributed by atoms with Crippen LogP contribution in [-0.2, 0) is 27.2 Å². The molecule has 11 heteroatoms. The van der Waals surface area contributed by atoms with E-state index >= 15 is 0 Å². The summed E-state index contributed by atoms with van der Waals surface area (Å²) >= 11 is 6.44. The summed E-state index contributed by atoms with van der Waals surface area (Å²) in [6.45, 7) is 13.5. The Balaban J connectivity index is 1.42. The van der Waals surface area contributed by atoms with Gasteiger partial charge in [0.2, 0.25) is 0 Å². The third kappa shape index (κ3) is 5.92. The highest BCUT2D eigenvalue weighted by molar-refractivity contribution is 6.35. The summed E-state index contributed by atoms with van der Waals surface area (Å²) in [5.41, 5.74) is 4.75. The smallest absolute Gasteiger partial charge is 0.410 e. The average Bonchev–Trinajstić information content (AvgIpc) is 3.34. The van der Waals surface area contributed by atoms with Crippen molar-refractivity contribution in [2.45, 2.75) is 64.8 Å². The summed E-state index contributed by atoms with van der Waals surface area (Å²) in [5.74, 6) is 0. The highest BCUT2D eigenvalue weighted by atomic mass is 35.5. The van der Waals surface area contributed by atoms with Crippen LogP contribution in [0.2, 0.25) is 5.02 Å². The molecule has 1 aromatic carbocycles. The molecule has 2 aromatic heterocycles. The van der Waals surface area contributed by atoms with E-state index in [9.17, 15) is 9.59 Å². The van der Waals surface area contributed by atoms with Crippen LogP contribution in [0.25, 0.3) is 22.2 Å². The Morgan fingerprint density at radius 2 is 1.88 bits per heavy atom. The van der Waals surface area contributed by atoms with E-state index in [1.54, 1.807) is 11.1 Å². The monoisotopic (exact) mass is 609 g/mol. The third-order valence-corrected chi connectivity index (χ3v) is 8.77. The second-order valence-corrected chi connectivity index (χ2v) is 13.6. The van der Waals surface area contributed by atoms with Crippen LogP contribution >= 0.6 is 11.6 Å². The molecule has 1 unspecified atom stereocenters. The molecule has 0 saturated carbocycles. The molecular weight excluding hydrogens is 570 g/mol. The minimum Gasteiger partial charge on any atom is -0.444 e. The Bertz CT molecular complexity index is 1550. The number of hydrogen-bond acceptors (Lipinski definition) is 6. The summed E-state index contributed by atoms with van der Waals surface area (Å²) in [7, 11) is 0. The number of aromatic nitrogens is 2. The van der Waals surface area contributed by atoms with Gasteiger partial charge in [-0.1, -0.05) is 17.7 Å². The van der Waals surface area contributed by atoms with Gasteiger partial charge in [0, 0.05) is 49.5 Å². The van der Waals surface area contributed by atoms with Crippen LogP contribution in [0.4, 0.5) is 9.59 Å². The number of aromatic amines is 1. The lowest BCUT2D eigenvalue weighted by Crippen LogP contribution is -2.59. The lowest BCUT2D eigenvalue weighted by atomic mass is 9.87. The number of pyridine rings is 1. The number of fused-ring (bicyclic) bond motifs is 2. The van der Waals surface area contributed by atoms with Crippen molar-refractivity contribution in [1.82, 2.24) is 24.7 Å². The lowest BCUT2D eigenvalue weighted by Gasteiger charge is -2.45. The molecule has 3 aromatic rings. The van der Waals surface area contributed by atoms with Gasteiger partial charge in [-0.3, -0.25) is 4.90 Å². The van der Waals surface area contributed by atoms with E-state index in [-0.39, 0.29) is 18.2 Å². The fraction of sp³-hybridized carbons (Fsp3) is 0.531. The number of amides is 3. The largest absolute Gasteiger partial charge is 0.444 e.